The van der Waals surface area contributed by atoms with Gasteiger partial charge in [-0.2, -0.15) is 5.26 Å². The van der Waals surface area contributed by atoms with E-state index in [9.17, 15) is 4.39 Å². The number of anilines is 1. The second-order valence-corrected chi connectivity index (χ2v) is 4.38. The van der Waals surface area contributed by atoms with Crippen molar-refractivity contribution in [2.45, 2.75) is 13.3 Å². The van der Waals surface area contributed by atoms with Crippen LogP contribution < -0.4 is 5.73 Å². The van der Waals surface area contributed by atoms with Gasteiger partial charge in [0.25, 0.3) is 0 Å². The van der Waals surface area contributed by atoms with Crippen LogP contribution in [0.15, 0.2) is 18.2 Å². The van der Waals surface area contributed by atoms with Crippen LogP contribution in [0.2, 0.25) is 5.02 Å². The van der Waals surface area contributed by atoms with Crippen LogP contribution in [0.5, 0.6) is 0 Å². The average Bonchev–Trinajstić information content (AvgIpc) is 2.34. The summed E-state index contributed by atoms with van der Waals surface area (Å²) >= 11 is 5.94. The zero-order chi connectivity index (χ0) is 14.0. The maximum Gasteiger partial charge on any atom is 0.145 e. The quantitative estimate of drug-likeness (QED) is 0.915. The van der Waals surface area contributed by atoms with E-state index in [-0.39, 0.29) is 17.8 Å². The number of hydrogen-bond donors (Lipinski definition) is 1. The number of aryl methyl sites for hydroxylation is 1. The van der Waals surface area contributed by atoms with Gasteiger partial charge in [-0.25, -0.2) is 14.4 Å². The Balaban J connectivity index is 2.43. The molecule has 1 aromatic heterocycles. The lowest BCUT2D eigenvalue weighted by Gasteiger charge is -2.07. The zero-order valence-corrected chi connectivity index (χ0v) is 10.9. The number of benzene rings is 1. The molecule has 1 aromatic carbocycles. The van der Waals surface area contributed by atoms with Crippen molar-refractivity contribution < 1.29 is 4.39 Å². The molecule has 0 unspecified atom stereocenters. The van der Waals surface area contributed by atoms with Crippen LogP contribution in [0.25, 0.3) is 0 Å². The van der Waals surface area contributed by atoms with Gasteiger partial charge in [-0.3, -0.25) is 0 Å². The Bertz CT molecular complexity index is 636. The maximum atomic E-state index is 13.7. The Hall–Kier alpha value is -2.19. The molecule has 19 heavy (non-hydrogen) atoms. The highest BCUT2D eigenvalue weighted by molar-refractivity contribution is 6.31. The summed E-state index contributed by atoms with van der Waals surface area (Å²) in [5, 5.41) is 9.19. The highest BCUT2D eigenvalue weighted by Gasteiger charge is 2.13. The molecule has 6 heteroatoms. The van der Waals surface area contributed by atoms with E-state index < -0.39 is 5.82 Å². The fraction of sp³-hybridized carbons (Fsp3) is 0.154. The van der Waals surface area contributed by atoms with Crippen LogP contribution in [0.4, 0.5) is 10.2 Å². The second kappa shape index (κ2) is 5.21. The first kappa shape index (κ1) is 13.2. The number of hydrogen-bond acceptors (Lipinski definition) is 4. The molecule has 2 N–H and O–H groups in total. The van der Waals surface area contributed by atoms with Crippen molar-refractivity contribution in [1.29, 1.82) is 5.26 Å². The average molecular weight is 277 g/mol. The monoisotopic (exact) mass is 276 g/mol. The van der Waals surface area contributed by atoms with Crippen LogP contribution in [-0.4, -0.2) is 9.97 Å². The Morgan fingerprint density at radius 1 is 1.42 bits per heavy atom. The first-order valence-corrected chi connectivity index (χ1v) is 5.86. The number of nitriles is 1. The molecule has 0 fully saturated rings. The van der Waals surface area contributed by atoms with Gasteiger partial charge in [0.2, 0.25) is 0 Å². The molecule has 0 aliphatic rings. The summed E-state index contributed by atoms with van der Waals surface area (Å²) in [6.07, 6.45) is 0.127. The number of rotatable bonds is 2. The third kappa shape index (κ3) is 2.64. The lowest BCUT2D eigenvalue weighted by atomic mass is 10.1. The molecule has 2 aromatic rings. The SMILES string of the molecule is Cc1nc(Cc2c(F)cccc2Cl)nc(N)c1C#N. The van der Waals surface area contributed by atoms with Crippen molar-refractivity contribution in [3.63, 3.8) is 0 Å². The van der Waals surface area contributed by atoms with Crippen LogP contribution in [0.1, 0.15) is 22.6 Å². The number of nitrogens with two attached hydrogens (primary N) is 1. The minimum Gasteiger partial charge on any atom is -0.382 e. The van der Waals surface area contributed by atoms with E-state index in [1.807, 2.05) is 6.07 Å². The highest BCUT2D eigenvalue weighted by atomic mass is 35.5. The molecule has 1 heterocycles. The van der Waals surface area contributed by atoms with Crippen LogP contribution in [0.3, 0.4) is 0 Å². The van der Waals surface area contributed by atoms with E-state index in [4.69, 9.17) is 22.6 Å². The Kier molecular flexibility index (Phi) is 3.63. The molecule has 0 spiro atoms. The molecule has 4 nitrogen and oxygen atoms in total. The smallest absolute Gasteiger partial charge is 0.145 e. The highest BCUT2D eigenvalue weighted by Crippen LogP contribution is 2.22. The van der Waals surface area contributed by atoms with Crippen molar-refractivity contribution >= 4 is 17.4 Å². The summed E-state index contributed by atoms with van der Waals surface area (Å²) in [5.74, 6) is 0.00939. The Morgan fingerprint density at radius 2 is 2.16 bits per heavy atom. The Labute approximate surface area is 114 Å². The number of aromatic nitrogens is 2. The number of nitrogen functional groups attached to an aromatic ring is 1. The number of nitrogens with zero attached hydrogens (tertiary/aromatic N) is 3. The second-order valence-electron chi connectivity index (χ2n) is 3.97. The van der Waals surface area contributed by atoms with Crippen LogP contribution >= 0.6 is 11.6 Å². The van der Waals surface area contributed by atoms with Gasteiger partial charge in [-0.05, 0) is 19.1 Å². The van der Waals surface area contributed by atoms with E-state index in [1.54, 1.807) is 13.0 Å². The van der Waals surface area contributed by atoms with Crippen molar-refractivity contribution in [2.75, 3.05) is 5.73 Å². The van der Waals surface area contributed by atoms with Gasteiger partial charge in [-0.15, -0.1) is 0 Å². The van der Waals surface area contributed by atoms with Gasteiger partial charge in [0.15, 0.2) is 0 Å². The summed E-state index contributed by atoms with van der Waals surface area (Å²) in [5.41, 5.74) is 6.68. The molecule has 2 rings (SSSR count). The summed E-state index contributed by atoms with van der Waals surface area (Å²) < 4.78 is 13.7. The molecular weight excluding hydrogens is 267 g/mol. The largest absolute Gasteiger partial charge is 0.382 e. The predicted molar refractivity (Wildman–Crippen MR) is 70.1 cm³/mol. The van der Waals surface area contributed by atoms with Gasteiger partial charge < -0.3 is 5.73 Å². The summed E-state index contributed by atoms with van der Waals surface area (Å²) in [4.78, 5) is 8.14. The van der Waals surface area contributed by atoms with Crippen molar-refractivity contribution in [3.8, 4) is 6.07 Å². The zero-order valence-electron chi connectivity index (χ0n) is 10.1. The van der Waals surface area contributed by atoms with Crippen LogP contribution in [0, 0.1) is 24.1 Å². The van der Waals surface area contributed by atoms with Crippen molar-refractivity contribution in [1.82, 2.24) is 9.97 Å². The standard InChI is InChI=1S/C13H10ClFN4/c1-7-9(6-16)13(17)19-12(18-7)5-8-10(14)3-2-4-11(8)15/h2-4H,5H2,1H3,(H2,17,18,19). The molecule has 96 valence electrons. The fourth-order valence-electron chi connectivity index (χ4n) is 1.73. The number of halogens is 2. The van der Waals surface area contributed by atoms with E-state index in [1.165, 1.54) is 12.1 Å². The normalized spacial score (nSPS) is 10.2. The minimum absolute atomic E-state index is 0.0949. The molecule has 0 saturated heterocycles. The lowest BCUT2D eigenvalue weighted by Crippen LogP contribution is -2.07. The molecule has 0 aliphatic heterocycles. The van der Waals surface area contributed by atoms with Crippen molar-refractivity contribution in [3.05, 3.63) is 51.7 Å². The minimum atomic E-state index is -0.420. The van der Waals surface area contributed by atoms with Gasteiger partial charge in [-0.1, -0.05) is 17.7 Å². The molecule has 0 atom stereocenters. The molecule has 0 saturated carbocycles. The van der Waals surface area contributed by atoms with Gasteiger partial charge in [0, 0.05) is 17.0 Å². The fourth-order valence-corrected chi connectivity index (χ4v) is 1.96. The van der Waals surface area contributed by atoms with Gasteiger partial charge in [0.1, 0.15) is 29.1 Å². The van der Waals surface area contributed by atoms with Crippen molar-refractivity contribution in [2.24, 2.45) is 0 Å². The van der Waals surface area contributed by atoms with Gasteiger partial charge >= 0.3 is 0 Å². The maximum absolute atomic E-state index is 13.7. The molecular formula is C13H10ClFN4. The van der Waals surface area contributed by atoms with Gasteiger partial charge in [0.05, 0.1) is 5.69 Å². The summed E-state index contributed by atoms with van der Waals surface area (Å²) in [6, 6.07) is 6.37. The molecule has 0 bridgehead atoms. The topological polar surface area (TPSA) is 75.6 Å². The summed E-state index contributed by atoms with van der Waals surface area (Å²) in [6.45, 7) is 1.66. The van der Waals surface area contributed by atoms with Crippen LogP contribution in [-0.2, 0) is 6.42 Å². The molecule has 0 aliphatic carbocycles. The third-order valence-electron chi connectivity index (χ3n) is 2.67. The first-order valence-electron chi connectivity index (χ1n) is 5.49. The lowest BCUT2D eigenvalue weighted by molar-refractivity contribution is 0.612. The first-order chi connectivity index (χ1) is 9.02. The van der Waals surface area contributed by atoms with E-state index in [0.717, 1.165) is 0 Å². The third-order valence-corrected chi connectivity index (χ3v) is 3.03. The molecule has 0 amide bonds. The molecule has 0 radical (unpaired) electrons. The van der Waals surface area contributed by atoms with E-state index >= 15 is 0 Å². The van der Waals surface area contributed by atoms with E-state index in [0.29, 0.717) is 22.1 Å². The summed E-state index contributed by atoms with van der Waals surface area (Å²) in [7, 11) is 0. The van der Waals surface area contributed by atoms with E-state index in [2.05, 4.69) is 9.97 Å². The Morgan fingerprint density at radius 3 is 2.74 bits per heavy atom. The predicted octanol–water partition coefficient (Wildman–Crippen LogP) is 2.62.